The maximum Gasteiger partial charge on any atom is 0.213 e. The standard InChI is InChI=1S/C8H11N.C7H16N2.C7H10N2.C6H10N2.C6H9NS.2C5H9N3.C5H8N2O.C5H8N2S.C4H8N4/c1-7(2)8-5-3-4-6-9-8;1-7(2)9-5-3-8-4-6-9;1-6(2)7-8-4-3-5-9-7;2*1-5(2)6-7-3-4-8-6;1-4(2)5-6-3-7-8-5;1-4(2)5-3-6-8-7-5;1-4(2)5-6-3-8-7-5;1-4(2)5-7-6-3-8-5;1-3(2)4-5-7-8-6-4/h3-7H,1-2H3;7-8H,3-6H2,1-2H3;3-6H,1-2H3;3-5H,1-2H3,(H,7,8);3-5H,1-2H3;2*3-4H,1-2H3,(H,6,7,8);2*3-4H,1-2H3;3H,1-2H3,(H,5,6,7,8). The van der Waals surface area contributed by atoms with Crippen molar-refractivity contribution in [2.45, 2.75) is 198 Å². The Hall–Kier alpha value is -6.96. The summed E-state index contributed by atoms with van der Waals surface area (Å²) in [6.45, 7) is 46.8. The Morgan fingerprint density at radius 3 is 1.42 bits per heavy atom. The zero-order valence-corrected chi connectivity index (χ0v) is 54.7. The van der Waals surface area contributed by atoms with E-state index in [1.807, 2.05) is 75.9 Å². The van der Waals surface area contributed by atoms with Crippen LogP contribution in [0.1, 0.15) is 242 Å². The number of tetrazole rings is 1. The van der Waals surface area contributed by atoms with Crippen molar-refractivity contribution in [1.29, 1.82) is 0 Å². The first-order chi connectivity index (χ1) is 39.5. The average molecular weight is 1180 g/mol. The SMILES string of the molecule is CC(C)N1CCNCC1.CC(C)c1ccccn1.CC(C)c1cn[nH]n1.CC(C)c1ncc[nH]1.CC(C)c1ncccn1.CC(C)c1nccs1.CC(C)c1ncn[nH]1.CC(C)c1ncon1.CC(C)c1nn[nH]n1.CC(C)c1nncs1. The van der Waals surface area contributed by atoms with Crippen LogP contribution in [0.25, 0.3) is 0 Å². The monoisotopic (exact) mass is 1180 g/mol. The molecular formula is C58H98N22OS2. The van der Waals surface area contributed by atoms with E-state index in [2.05, 4.69) is 227 Å². The van der Waals surface area contributed by atoms with E-state index in [9.17, 15) is 0 Å². The summed E-state index contributed by atoms with van der Waals surface area (Å²) in [6, 6.07) is 8.55. The van der Waals surface area contributed by atoms with E-state index in [1.54, 1.807) is 53.0 Å². The number of rotatable bonds is 10. The lowest BCUT2D eigenvalue weighted by atomic mass is 10.1. The second kappa shape index (κ2) is 44.6. The lowest BCUT2D eigenvalue weighted by Crippen LogP contribution is -2.46. The third kappa shape index (κ3) is 35.6. The fraction of sp³-hybridized carbons (Fsp3) is 0.586. The van der Waals surface area contributed by atoms with Gasteiger partial charge in [0.15, 0.2) is 11.6 Å². The van der Waals surface area contributed by atoms with Crippen LogP contribution in [0.4, 0.5) is 0 Å². The molecule has 10 rings (SSSR count). The van der Waals surface area contributed by atoms with Gasteiger partial charge in [-0.05, 0) is 43.9 Å². The van der Waals surface area contributed by atoms with Gasteiger partial charge in [0.2, 0.25) is 6.39 Å². The Balaban J connectivity index is 0.000000461. The molecule has 25 heteroatoms. The van der Waals surface area contributed by atoms with Gasteiger partial charge in [0.05, 0.1) is 16.9 Å². The highest BCUT2D eigenvalue weighted by molar-refractivity contribution is 7.09. The topological polar surface area (TPSA) is 298 Å². The summed E-state index contributed by atoms with van der Waals surface area (Å²) in [7, 11) is 0. The molecule has 0 bridgehead atoms. The number of H-pyrrole nitrogens is 4. The number of hydrogen-bond donors (Lipinski definition) is 5. The van der Waals surface area contributed by atoms with Crippen LogP contribution in [-0.2, 0) is 0 Å². The molecule has 0 saturated carbocycles. The van der Waals surface area contributed by atoms with Crippen LogP contribution in [-0.4, -0.2) is 139 Å². The molecule has 0 amide bonds. The second-order valence-electron chi connectivity index (χ2n) is 21.6. The molecule has 458 valence electrons. The summed E-state index contributed by atoms with van der Waals surface area (Å²) < 4.78 is 4.51. The van der Waals surface area contributed by atoms with Gasteiger partial charge in [-0.15, -0.1) is 43.1 Å². The summed E-state index contributed by atoms with van der Waals surface area (Å²) in [4.78, 5) is 33.8. The molecule has 1 saturated heterocycles. The molecule has 0 spiro atoms. The summed E-state index contributed by atoms with van der Waals surface area (Å²) in [5, 5.41) is 48.8. The van der Waals surface area contributed by atoms with Crippen LogP contribution >= 0.6 is 22.7 Å². The Morgan fingerprint density at radius 1 is 0.506 bits per heavy atom. The van der Waals surface area contributed by atoms with Crippen LogP contribution in [0.3, 0.4) is 0 Å². The molecule has 0 unspecified atom stereocenters. The van der Waals surface area contributed by atoms with Gasteiger partial charge in [0.25, 0.3) is 0 Å². The van der Waals surface area contributed by atoms with E-state index in [-0.39, 0.29) is 0 Å². The Labute approximate surface area is 502 Å². The molecule has 5 N–H and O–H groups in total. The Kier molecular flexibility index (Phi) is 39.8. The molecule has 1 fully saturated rings. The summed E-state index contributed by atoms with van der Waals surface area (Å²) in [5.74, 6) is 8.76. The maximum absolute atomic E-state index is 4.51. The fourth-order valence-corrected chi connectivity index (χ4v) is 7.12. The Bertz CT molecular complexity index is 2250. The number of pyridine rings is 1. The van der Waals surface area contributed by atoms with Crippen molar-refractivity contribution in [3.05, 3.63) is 142 Å². The molecule has 10 heterocycles. The van der Waals surface area contributed by atoms with E-state index in [0.717, 1.165) is 64.6 Å². The van der Waals surface area contributed by atoms with Crippen molar-refractivity contribution in [3.8, 4) is 0 Å². The number of piperazine rings is 1. The van der Waals surface area contributed by atoms with E-state index < -0.39 is 0 Å². The van der Waals surface area contributed by atoms with Gasteiger partial charge in [-0.25, -0.2) is 24.9 Å². The smallest absolute Gasteiger partial charge is 0.213 e. The summed E-state index contributed by atoms with van der Waals surface area (Å²) in [5.41, 5.74) is 3.94. The summed E-state index contributed by atoms with van der Waals surface area (Å²) in [6.07, 6.45) is 15.4. The normalized spacial score (nSPS) is 11.7. The second-order valence-corrected chi connectivity index (χ2v) is 23.4. The van der Waals surface area contributed by atoms with E-state index in [4.69, 9.17) is 0 Å². The van der Waals surface area contributed by atoms with Gasteiger partial charge in [0.1, 0.15) is 34.3 Å². The lowest BCUT2D eigenvalue weighted by Gasteiger charge is -2.30. The van der Waals surface area contributed by atoms with Crippen molar-refractivity contribution in [3.63, 3.8) is 0 Å². The first kappa shape index (κ1) is 74.1. The minimum absolute atomic E-state index is 0.369. The predicted molar refractivity (Wildman–Crippen MR) is 335 cm³/mol. The van der Waals surface area contributed by atoms with E-state index in [1.165, 1.54) is 30.8 Å². The van der Waals surface area contributed by atoms with Gasteiger partial charge in [-0.2, -0.15) is 30.7 Å². The van der Waals surface area contributed by atoms with Crippen LogP contribution in [0.15, 0.2) is 95.8 Å². The number of imidazole rings is 1. The molecule has 0 atom stereocenters. The third-order valence-electron chi connectivity index (χ3n) is 10.9. The zero-order chi connectivity index (χ0) is 62.0. The quantitative estimate of drug-likeness (QED) is 0.0850. The van der Waals surface area contributed by atoms with Crippen LogP contribution in [0.2, 0.25) is 0 Å². The van der Waals surface area contributed by atoms with Gasteiger partial charge in [-0.1, -0.05) is 141 Å². The molecule has 1 aliphatic rings. The van der Waals surface area contributed by atoms with Crippen molar-refractivity contribution < 1.29 is 4.52 Å². The highest BCUT2D eigenvalue weighted by Gasteiger charge is 2.11. The van der Waals surface area contributed by atoms with Crippen molar-refractivity contribution in [2.24, 2.45) is 0 Å². The van der Waals surface area contributed by atoms with Crippen molar-refractivity contribution in [2.75, 3.05) is 26.2 Å². The molecule has 9 aromatic rings. The molecule has 1 aliphatic heterocycles. The molecule has 83 heavy (non-hydrogen) atoms. The largest absolute Gasteiger partial charge is 0.348 e. The van der Waals surface area contributed by atoms with E-state index in [0.29, 0.717) is 53.3 Å². The minimum Gasteiger partial charge on any atom is -0.348 e. The molecule has 0 radical (unpaired) electrons. The van der Waals surface area contributed by atoms with Gasteiger partial charge < -0.3 is 14.8 Å². The molecule has 0 aliphatic carbocycles. The highest BCUT2D eigenvalue weighted by atomic mass is 32.1. The number of thiazole rings is 1. The zero-order valence-electron chi connectivity index (χ0n) is 53.1. The Morgan fingerprint density at radius 2 is 1.14 bits per heavy atom. The lowest BCUT2D eigenvalue weighted by molar-refractivity contribution is 0.196. The number of hydrogen-bond acceptors (Lipinski definition) is 21. The number of nitrogens with one attached hydrogen (secondary N) is 5. The number of aromatic amines is 4. The molecular weight excluding hydrogens is 1080 g/mol. The minimum atomic E-state index is 0.369. The molecule has 23 nitrogen and oxygen atoms in total. The fourth-order valence-electron chi connectivity index (χ4n) is 5.90. The first-order valence-corrected chi connectivity index (χ1v) is 30.3. The average Bonchev–Trinajstić information content (AvgIpc) is 4.34. The van der Waals surface area contributed by atoms with Gasteiger partial charge in [-0.3, -0.25) is 15.0 Å². The first-order valence-electron chi connectivity index (χ1n) is 28.5. The van der Waals surface area contributed by atoms with E-state index >= 15 is 0 Å². The predicted octanol–water partition coefficient (Wildman–Crippen LogP) is 12.9. The highest BCUT2D eigenvalue weighted by Crippen LogP contribution is 2.16. The molecule has 9 aromatic heterocycles. The van der Waals surface area contributed by atoms with Gasteiger partial charge in [0, 0.05) is 122 Å². The number of nitrogens with zero attached hydrogens (tertiary/aromatic N) is 17. The van der Waals surface area contributed by atoms with Crippen molar-refractivity contribution >= 4 is 22.7 Å². The third-order valence-corrected chi connectivity index (χ3v) is 13.0. The summed E-state index contributed by atoms with van der Waals surface area (Å²) >= 11 is 3.33. The van der Waals surface area contributed by atoms with Gasteiger partial charge >= 0.3 is 0 Å². The molecule has 0 aromatic carbocycles. The van der Waals surface area contributed by atoms with Crippen LogP contribution < -0.4 is 5.32 Å². The van der Waals surface area contributed by atoms with Crippen LogP contribution in [0, 0.1) is 0 Å². The van der Waals surface area contributed by atoms with Crippen LogP contribution in [0.5, 0.6) is 0 Å². The van der Waals surface area contributed by atoms with Crippen molar-refractivity contribution in [1.82, 2.24) is 112 Å². The maximum atomic E-state index is 4.51. The number of aromatic nitrogens is 20.